The Balaban J connectivity index is 2.34. The fraction of sp³-hybridized carbons (Fsp3) is 0.417. The van der Waals surface area contributed by atoms with Crippen molar-refractivity contribution >= 4 is 17.7 Å². The van der Waals surface area contributed by atoms with Crippen molar-refractivity contribution in [1.82, 2.24) is 5.43 Å². The standard InChI is InChI=1S/C12H18N2OS/c1-9-5-10(2)7-11(6-9)8-16-4-3-12(15)14-13/h5-7H,3-4,8,13H2,1-2H3,(H,14,15). The van der Waals surface area contributed by atoms with E-state index in [-0.39, 0.29) is 5.91 Å². The average molecular weight is 238 g/mol. The molecule has 3 N–H and O–H groups in total. The van der Waals surface area contributed by atoms with Crippen molar-refractivity contribution in [3.63, 3.8) is 0 Å². The fourth-order valence-electron chi connectivity index (χ4n) is 1.58. The van der Waals surface area contributed by atoms with Gasteiger partial charge in [0.25, 0.3) is 0 Å². The molecule has 1 aromatic rings. The molecule has 4 heteroatoms. The molecule has 0 radical (unpaired) electrons. The molecule has 0 heterocycles. The number of aryl methyl sites for hydroxylation is 2. The quantitative estimate of drug-likeness (QED) is 0.356. The Morgan fingerprint density at radius 1 is 1.31 bits per heavy atom. The molecule has 3 nitrogen and oxygen atoms in total. The Hall–Kier alpha value is -1.00. The number of rotatable bonds is 5. The van der Waals surface area contributed by atoms with Gasteiger partial charge in [-0.25, -0.2) is 5.84 Å². The maximum absolute atomic E-state index is 10.9. The third-order valence-electron chi connectivity index (χ3n) is 2.18. The van der Waals surface area contributed by atoms with E-state index in [2.05, 4.69) is 37.5 Å². The summed E-state index contributed by atoms with van der Waals surface area (Å²) < 4.78 is 0. The largest absolute Gasteiger partial charge is 0.294 e. The summed E-state index contributed by atoms with van der Waals surface area (Å²) in [5, 5.41) is 0. The van der Waals surface area contributed by atoms with Gasteiger partial charge in [0.1, 0.15) is 0 Å². The van der Waals surface area contributed by atoms with Gasteiger partial charge in [-0.3, -0.25) is 10.2 Å². The second-order valence-corrected chi connectivity index (χ2v) is 4.97. The normalized spacial score (nSPS) is 10.2. The SMILES string of the molecule is Cc1cc(C)cc(CSCCC(=O)NN)c1. The minimum Gasteiger partial charge on any atom is -0.294 e. The minimum atomic E-state index is -0.104. The molecule has 0 aromatic heterocycles. The zero-order valence-corrected chi connectivity index (χ0v) is 10.6. The van der Waals surface area contributed by atoms with E-state index in [9.17, 15) is 4.79 Å². The third-order valence-corrected chi connectivity index (χ3v) is 3.21. The summed E-state index contributed by atoms with van der Waals surface area (Å²) in [7, 11) is 0. The van der Waals surface area contributed by atoms with E-state index < -0.39 is 0 Å². The smallest absolute Gasteiger partial charge is 0.234 e. The van der Waals surface area contributed by atoms with Crippen molar-refractivity contribution in [2.75, 3.05) is 5.75 Å². The van der Waals surface area contributed by atoms with Crippen LogP contribution in [0.4, 0.5) is 0 Å². The Morgan fingerprint density at radius 3 is 2.50 bits per heavy atom. The molecule has 0 aliphatic heterocycles. The number of amides is 1. The summed E-state index contributed by atoms with van der Waals surface area (Å²) >= 11 is 1.75. The van der Waals surface area contributed by atoms with Crippen molar-refractivity contribution in [2.45, 2.75) is 26.0 Å². The number of hydrazine groups is 1. The van der Waals surface area contributed by atoms with Crippen LogP contribution >= 0.6 is 11.8 Å². The van der Waals surface area contributed by atoms with Crippen LogP contribution in [0.3, 0.4) is 0 Å². The van der Waals surface area contributed by atoms with Crippen LogP contribution in [0.2, 0.25) is 0 Å². The van der Waals surface area contributed by atoms with Gasteiger partial charge in [0.2, 0.25) is 5.91 Å². The van der Waals surface area contributed by atoms with Gasteiger partial charge in [-0.15, -0.1) is 0 Å². The van der Waals surface area contributed by atoms with Crippen LogP contribution in [0.25, 0.3) is 0 Å². The lowest BCUT2D eigenvalue weighted by molar-refractivity contribution is -0.120. The maximum Gasteiger partial charge on any atom is 0.234 e. The van der Waals surface area contributed by atoms with Gasteiger partial charge in [-0.05, 0) is 19.4 Å². The molecule has 16 heavy (non-hydrogen) atoms. The summed E-state index contributed by atoms with van der Waals surface area (Å²) in [6, 6.07) is 6.53. The average Bonchev–Trinajstić information content (AvgIpc) is 2.22. The number of hydrogen-bond donors (Lipinski definition) is 2. The van der Waals surface area contributed by atoms with Crippen LogP contribution in [-0.2, 0) is 10.5 Å². The Labute approximate surface area is 101 Å². The molecule has 0 saturated carbocycles. The molecule has 1 aromatic carbocycles. The monoisotopic (exact) mass is 238 g/mol. The van der Waals surface area contributed by atoms with Crippen molar-refractivity contribution in [3.05, 3.63) is 34.9 Å². The van der Waals surface area contributed by atoms with E-state index >= 15 is 0 Å². The van der Waals surface area contributed by atoms with Gasteiger partial charge >= 0.3 is 0 Å². The highest BCUT2D eigenvalue weighted by Gasteiger charge is 2.00. The zero-order chi connectivity index (χ0) is 12.0. The van der Waals surface area contributed by atoms with Crippen LogP contribution in [0, 0.1) is 13.8 Å². The second-order valence-electron chi connectivity index (χ2n) is 3.87. The van der Waals surface area contributed by atoms with Gasteiger partial charge in [-0.2, -0.15) is 11.8 Å². The van der Waals surface area contributed by atoms with E-state index in [4.69, 9.17) is 5.84 Å². The molecule has 0 aliphatic carbocycles. The summed E-state index contributed by atoms with van der Waals surface area (Å²) in [5.41, 5.74) is 6.02. The molecular formula is C12H18N2OS. The molecule has 0 spiro atoms. The van der Waals surface area contributed by atoms with Crippen molar-refractivity contribution in [1.29, 1.82) is 0 Å². The van der Waals surface area contributed by atoms with Crippen molar-refractivity contribution in [2.24, 2.45) is 5.84 Å². The van der Waals surface area contributed by atoms with Crippen LogP contribution in [0.1, 0.15) is 23.1 Å². The van der Waals surface area contributed by atoms with E-state index in [1.165, 1.54) is 16.7 Å². The van der Waals surface area contributed by atoms with Crippen LogP contribution < -0.4 is 11.3 Å². The number of benzene rings is 1. The van der Waals surface area contributed by atoms with E-state index in [1.54, 1.807) is 11.8 Å². The molecule has 0 bridgehead atoms. The van der Waals surface area contributed by atoms with E-state index in [0.29, 0.717) is 6.42 Å². The number of hydrogen-bond acceptors (Lipinski definition) is 3. The molecule has 1 rings (SSSR count). The van der Waals surface area contributed by atoms with Crippen LogP contribution in [0.15, 0.2) is 18.2 Å². The van der Waals surface area contributed by atoms with E-state index in [1.807, 2.05) is 0 Å². The lowest BCUT2D eigenvalue weighted by Crippen LogP contribution is -2.30. The lowest BCUT2D eigenvalue weighted by Gasteiger charge is -2.04. The van der Waals surface area contributed by atoms with Gasteiger partial charge in [0.05, 0.1) is 0 Å². The second kappa shape index (κ2) is 6.55. The highest BCUT2D eigenvalue weighted by Crippen LogP contribution is 2.16. The summed E-state index contributed by atoms with van der Waals surface area (Å²) in [6.45, 7) is 4.20. The molecule has 1 amide bonds. The number of nitrogens with two attached hydrogens (primary N) is 1. The highest BCUT2D eigenvalue weighted by molar-refractivity contribution is 7.98. The molecule has 0 aliphatic rings. The molecule has 0 fully saturated rings. The number of carbonyl (C=O) groups excluding carboxylic acids is 1. The fourth-order valence-corrected chi connectivity index (χ4v) is 2.46. The predicted octanol–water partition coefficient (Wildman–Crippen LogP) is 1.92. The molecule has 0 atom stereocenters. The number of carbonyl (C=O) groups is 1. The van der Waals surface area contributed by atoms with Gasteiger partial charge in [-0.1, -0.05) is 29.3 Å². The first-order chi connectivity index (χ1) is 7.61. The van der Waals surface area contributed by atoms with Crippen molar-refractivity contribution in [3.8, 4) is 0 Å². The van der Waals surface area contributed by atoms with Crippen LogP contribution in [0.5, 0.6) is 0 Å². The molecule has 0 saturated heterocycles. The molecular weight excluding hydrogens is 220 g/mol. The summed E-state index contributed by atoms with van der Waals surface area (Å²) in [5.74, 6) is 6.64. The predicted molar refractivity (Wildman–Crippen MR) is 69.0 cm³/mol. The highest BCUT2D eigenvalue weighted by atomic mass is 32.2. The van der Waals surface area contributed by atoms with Gasteiger partial charge in [0.15, 0.2) is 0 Å². The maximum atomic E-state index is 10.9. The summed E-state index contributed by atoms with van der Waals surface area (Å²) in [6.07, 6.45) is 0.478. The lowest BCUT2D eigenvalue weighted by atomic mass is 10.1. The van der Waals surface area contributed by atoms with E-state index in [0.717, 1.165) is 11.5 Å². The van der Waals surface area contributed by atoms with Crippen LogP contribution in [-0.4, -0.2) is 11.7 Å². The zero-order valence-electron chi connectivity index (χ0n) is 9.75. The Kier molecular flexibility index (Phi) is 5.35. The summed E-state index contributed by atoms with van der Waals surface area (Å²) in [4.78, 5) is 10.9. The van der Waals surface area contributed by atoms with Gasteiger partial charge in [0, 0.05) is 17.9 Å². The number of thioether (sulfide) groups is 1. The first kappa shape index (κ1) is 13.1. The molecule has 88 valence electrons. The minimum absolute atomic E-state index is 0.104. The first-order valence-electron chi connectivity index (χ1n) is 5.26. The van der Waals surface area contributed by atoms with Crippen molar-refractivity contribution < 1.29 is 4.79 Å². The Morgan fingerprint density at radius 2 is 1.94 bits per heavy atom. The third kappa shape index (κ3) is 4.68. The topological polar surface area (TPSA) is 55.1 Å². The molecule has 0 unspecified atom stereocenters. The Bertz CT molecular complexity index is 346. The first-order valence-corrected chi connectivity index (χ1v) is 6.41. The van der Waals surface area contributed by atoms with Gasteiger partial charge < -0.3 is 0 Å². The number of nitrogens with one attached hydrogen (secondary N) is 1.